The van der Waals surface area contributed by atoms with Gasteiger partial charge in [-0.25, -0.2) is 9.78 Å². The van der Waals surface area contributed by atoms with E-state index in [0.717, 1.165) is 29.6 Å². The molecule has 0 aliphatic carbocycles. The summed E-state index contributed by atoms with van der Waals surface area (Å²) in [7, 11) is 0. The molecule has 0 atom stereocenters. The average molecular weight is 243 g/mol. The van der Waals surface area contributed by atoms with Crippen molar-refractivity contribution < 1.29 is 9.90 Å². The monoisotopic (exact) mass is 243 g/mol. The second-order valence-corrected chi connectivity index (χ2v) is 3.72. The van der Waals surface area contributed by atoms with Gasteiger partial charge in [0, 0.05) is 31.1 Å². The SMILES string of the molecule is CCc1nccn1-c1cncc(/C=C/C(=O)O)c1. The third-order valence-electron chi connectivity index (χ3n) is 2.48. The van der Waals surface area contributed by atoms with Gasteiger partial charge >= 0.3 is 5.97 Å². The fraction of sp³-hybridized carbons (Fsp3) is 0.154. The predicted octanol–water partition coefficient (Wildman–Crippen LogP) is 1.93. The lowest BCUT2D eigenvalue weighted by atomic mass is 10.2. The van der Waals surface area contributed by atoms with Crippen molar-refractivity contribution in [2.75, 3.05) is 0 Å². The van der Waals surface area contributed by atoms with Gasteiger partial charge in [-0.05, 0) is 17.7 Å². The summed E-state index contributed by atoms with van der Waals surface area (Å²) in [6.45, 7) is 2.03. The molecule has 0 radical (unpaired) electrons. The average Bonchev–Trinajstić information content (AvgIpc) is 2.85. The highest BCUT2D eigenvalue weighted by atomic mass is 16.4. The standard InChI is InChI=1S/C13H13N3O2/c1-2-12-15-5-6-16(12)11-7-10(8-14-9-11)3-4-13(17)18/h3-9H,2H2,1H3,(H,17,18)/b4-3+. The van der Waals surface area contributed by atoms with Crippen LogP contribution in [0.1, 0.15) is 18.3 Å². The maximum atomic E-state index is 10.5. The highest BCUT2D eigenvalue weighted by Crippen LogP contribution is 2.12. The van der Waals surface area contributed by atoms with Crippen molar-refractivity contribution in [3.8, 4) is 5.69 Å². The number of hydrogen-bond donors (Lipinski definition) is 1. The van der Waals surface area contributed by atoms with Gasteiger partial charge < -0.3 is 9.67 Å². The van der Waals surface area contributed by atoms with Crippen LogP contribution in [-0.2, 0) is 11.2 Å². The van der Waals surface area contributed by atoms with E-state index < -0.39 is 5.97 Å². The van der Waals surface area contributed by atoms with Crippen molar-refractivity contribution in [3.05, 3.63) is 48.3 Å². The number of carboxylic acids is 1. The molecule has 0 fully saturated rings. The minimum atomic E-state index is -0.975. The molecule has 2 aromatic rings. The zero-order valence-corrected chi connectivity index (χ0v) is 9.95. The largest absolute Gasteiger partial charge is 0.478 e. The van der Waals surface area contributed by atoms with Gasteiger partial charge in [0.2, 0.25) is 0 Å². The van der Waals surface area contributed by atoms with Crippen molar-refractivity contribution >= 4 is 12.0 Å². The minimum Gasteiger partial charge on any atom is -0.478 e. The molecule has 0 aromatic carbocycles. The molecular weight excluding hydrogens is 230 g/mol. The van der Waals surface area contributed by atoms with Gasteiger partial charge in [0.25, 0.3) is 0 Å². The Labute approximate surface area is 104 Å². The molecular formula is C13H13N3O2. The molecule has 1 N–H and O–H groups in total. The summed E-state index contributed by atoms with van der Waals surface area (Å²) in [5.74, 6) is -0.0338. The summed E-state index contributed by atoms with van der Waals surface area (Å²) < 4.78 is 1.94. The number of carbonyl (C=O) groups is 1. The van der Waals surface area contributed by atoms with Gasteiger partial charge in [0.05, 0.1) is 11.9 Å². The Bertz CT molecular complexity index is 587. The second kappa shape index (κ2) is 5.27. The summed E-state index contributed by atoms with van der Waals surface area (Å²) in [5.41, 5.74) is 1.61. The smallest absolute Gasteiger partial charge is 0.328 e. The molecule has 92 valence electrons. The normalized spacial score (nSPS) is 10.9. The number of hydrogen-bond acceptors (Lipinski definition) is 3. The van der Waals surface area contributed by atoms with Crippen LogP contribution in [0.3, 0.4) is 0 Å². The zero-order valence-electron chi connectivity index (χ0n) is 9.95. The topological polar surface area (TPSA) is 68.0 Å². The van der Waals surface area contributed by atoms with Crippen LogP contribution < -0.4 is 0 Å². The molecule has 2 rings (SSSR count). The van der Waals surface area contributed by atoms with Crippen LogP contribution in [0.4, 0.5) is 0 Å². The first-order valence-electron chi connectivity index (χ1n) is 5.59. The van der Waals surface area contributed by atoms with Crippen molar-refractivity contribution in [3.63, 3.8) is 0 Å². The third-order valence-corrected chi connectivity index (χ3v) is 2.48. The van der Waals surface area contributed by atoms with E-state index in [-0.39, 0.29) is 0 Å². The Morgan fingerprint density at radius 3 is 3.06 bits per heavy atom. The van der Waals surface area contributed by atoms with Crippen LogP contribution >= 0.6 is 0 Å². The zero-order chi connectivity index (χ0) is 13.0. The Morgan fingerprint density at radius 1 is 1.50 bits per heavy atom. The van der Waals surface area contributed by atoms with Gasteiger partial charge in [-0.15, -0.1) is 0 Å². The lowest BCUT2D eigenvalue weighted by Gasteiger charge is -2.06. The van der Waals surface area contributed by atoms with E-state index in [1.54, 1.807) is 18.6 Å². The fourth-order valence-corrected chi connectivity index (χ4v) is 1.67. The fourth-order valence-electron chi connectivity index (χ4n) is 1.67. The van der Waals surface area contributed by atoms with E-state index in [0.29, 0.717) is 0 Å². The molecule has 2 heterocycles. The Hall–Kier alpha value is -2.43. The first kappa shape index (κ1) is 12.0. The number of aryl methyl sites for hydroxylation is 1. The molecule has 0 bridgehead atoms. The van der Waals surface area contributed by atoms with Gasteiger partial charge in [0.1, 0.15) is 5.82 Å². The third kappa shape index (κ3) is 2.63. The Morgan fingerprint density at radius 2 is 2.33 bits per heavy atom. The van der Waals surface area contributed by atoms with Crippen LogP contribution in [0, 0.1) is 0 Å². The number of imidazole rings is 1. The molecule has 0 saturated heterocycles. The molecule has 0 unspecified atom stereocenters. The van der Waals surface area contributed by atoms with Gasteiger partial charge in [-0.3, -0.25) is 4.98 Å². The number of rotatable bonds is 4. The van der Waals surface area contributed by atoms with E-state index in [1.807, 2.05) is 23.8 Å². The first-order valence-corrected chi connectivity index (χ1v) is 5.59. The first-order chi connectivity index (χ1) is 8.70. The minimum absolute atomic E-state index is 0.741. The maximum absolute atomic E-state index is 10.5. The molecule has 0 aliphatic heterocycles. The van der Waals surface area contributed by atoms with E-state index in [9.17, 15) is 4.79 Å². The second-order valence-electron chi connectivity index (χ2n) is 3.72. The van der Waals surface area contributed by atoms with Crippen molar-refractivity contribution in [1.82, 2.24) is 14.5 Å². The number of carboxylic acid groups (broad SMARTS) is 1. The van der Waals surface area contributed by atoms with E-state index >= 15 is 0 Å². The van der Waals surface area contributed by atoms with E-state index in [1.165, 1.54) is 6.08 Å². The lowest BCUT2D eigenvalue weighted by Crippen LogP contribution is -1.99. The summed E-state index contributed by atoms with van der Waals surface area (Å²) in [6.07, 6.45) is 10.4. The van der Waals surface area contributed by atoms with Crippen LogP contribution in [0.15, 0.2) is 36.9 Å². The molecule has 0 amide bonds. The summed E-state index contributed by atoms with van der Waals surface area (Å²) in [5, 5.41) is 8.59. The molecule has 0 spiro atoms. The molecule has 0 aliphatic rings. The number of aliphatic carboxylic acids is 1. The molecule has 0 saturated carbocycles. The quantitative estimate of drug-likeness (QED) is 0.833. The molecule has 5 heteroatoms. The maximum Gasteiger partial charge on any atom is 0.328 e. The number of aromatic nitrogens is 3. The van der Waals surface area contributed by atoms with Crippen molar-refractivity contribution in [2.45, 2.75) is 13.3 Å². The van der Waals surface area contributed by atoms with Crippen molar-refractivity contribution in [1.29, 1.82) is 0 Å². The van der Waals surface area contributed by atoms with Gasteiger partial charge in [-0.2, -0.15) is 0 Å². The number of nitrogens with zero attached hydrogens (tertiary/aromatic N) is 3. The van der Waals surface area contributed by atoms with E-state index in [2.05, 4.69) is 9.97 Å². The Kier molecular flexibility index (Phi) is 3.52. The number of pyridine rings is 1. The summed E-state index contributed by atoms with van der Waals surface area (Å²) >= 11 is 0. The van der Waals surface area contributed by atoms with Crippen molar-refractivity contribution in [2.24, 2.45) is 0 Å². The van der Waals surface area contributed by atoms with Crippen LogP contribution in [0.2, 0.25) is 0 Å². The lowest BCUT2D eigenvalue weighted by molar-refractivity contribution is -0.131. The van der Waals surface area contributed by atoms with Crippen LogP contribution in [-0.4, -0.2) is 25.6 Å². The van der Waals surface area contributed by atoms with Crippen LogP contribution in [0.5, 0.6) is 0 Å². The highest BCUT2D eigenvalue weighted by Gasteiger charge is 2.03. The summed E-state index contributed by atoms with van der Waals surface area (Å²) in [4.78, 5) is 18.8. The van der Waals surface area contributed by atoms with Gasteiger partial charge in [-0.1, -0.05) is 6.92 Å². The summed E-state index contributed by atoms with van der Waals surface area (Å²) in [6, 6.07) is 1.87. The van der Waals surface area contributed by atoms with Crippen LogP contribution in [0.25, 0.3) is 11.8 Å². The van der Waals surface area contributed by atoms with Gasteiger partial charge in [0.15, 0.2) is 0 Å². The molecule has 2 aromatic heterocycles. The molecule has 5 nitrogen and oxygen atoms in total. The highest BCUT2D eigenvalue weighted by molar-refractivity contribution is 5.85. The predicted molar refractivity (Wildman–Crippen MR) is 67.4 cm³/mol. The van der Waals surface area contributed by atoms with E-state index in [4.69, 9.17) is 5.11 Å². The molecule has 18 heavy (non-hydrogen) atoms. The Balaban J connectivity index is 2.35.